The number of carbonyl (C=O) groups is 1. The molecule has 1 amide bonds. The van der Waals surface area contributed by atoms with E-state index >= 15 is 0 Å². The number of fused-ring (bicyclic) bond motifs is 1. The molecule has 2 fully saturated rings. The van der Waals surface area contributed by atoms with Gasteiger partial charge in [-0.2, -0.15) is 0 Å². The van der Waals surface area contributed by atoms with Gasteiger partial charge in [0.1, 0.15) is 0 Å². The molecule has 4 nitrogen and oxygen atoms in total. The second kappa shape index (κ2) is 5.01. The van der Waals surface area contributed by atoms with Gasteiger partial charge < -0.3 is 15.1 Å². The Morgan fingerprint density at radius 2 is 2.00 bits per heavy atom. The van der Waals surface area contributed by atoms with E-state index in [4.69, 9.17) is 23.2 Å². The molecule has 0 bridgehead atoms. The molecule has 1 aliphatic heterocycles. The van der Waals surface area contributed by atoms with Crippen LogP contribution in [0.2, 0.25) is 10.0 Å². The van der Waals surface area contributed by atoms with Crippen molar-refractivity contribution in [2.75, 3.05) is 19.7 Å². The first-order chi connectivity index (χ1) is 10.6. The molecule has 0 radical (unpaired) electrons. The molecule has 3 unspecified atom stereocenters. The average molecular weight is 358 g/mol. The fourth-order valence-corrected chi connectivity index (χ4v) is 5.29. The summed E-state index contributed by atoms with van der Waals surface area (Å²) >= 11 is 12.2. The molecular weight excluding hydrogens is 337 g/mol. The van der Waals surface area contributed by atoms with Crippen LogP contribution in [0.3, 0.4) is 0 Å². The fourth-order valence-electron chi connectivity index (χ4n) is 4.99. The van der Waals surface area contributed by atoms with Crippen molar-refractivity contribution in [1.82, 2.24) is 4.90 Å². The van der Waals surface area contributed by atoms with E-state index in [9.17, 15) is 15.0 Å². The molecule has 126 valence electrons. The summed E-state index contributed by atoms with van der Waals surface area (Å²) in [5.41, 5.74) is 0.0197. The minimum Gasteiger partial charge on any atom is -0.465 e. The summed E-state index contributed by atoms with van der Waals surface area (Å²) in [5.74, 6) is 0.0772. The molecule has 1 saturated carbocycles. The Morgan fingerprint density at radius 3 is 2.43 bits per heavy atom. The number of likely N-dealkylation sites (tertiary alicyclic amines) is 1. The third kappa shape index (κ3) is 1.98. The zero-order valence-corrected chi connectivity index (χ0v) is 14.9. The topological polar surface area (TPSA) is 60.8 Å². The smallest absolute Gasteiger partial charge is 0.407 e. The largest absolute Gasteiger partial charge is 0.465 e. The van der Waals surface area contributed by atoms with Crippen LogP contribution in [0.4, 0.5) is 4.79 Å². The van der Waals surface area contributed by atoms with Crippen LogP contribution >= 0.6 is 23.2 Å². The Labute approximate surface area is 146 Å². The monoisotopic (exact) mass is 357 g/mol. The highest BCUT2D eigenvalue weighted by Crippen LogP contribution is 2.79. The van der Waals surface area contributed by atoms with Gasteiger partial charge in [-0.25, -0.2) is 4.79 Å². The van der Waals surface area contributed by atoms with Crippen LogP contribution in [0.25, 0.3) is 0 Å². The number of hydrogen-bond donors (Lipinski definition) is 2. The summed E-state index contributed by atoms with van der Waals surface area (Å²) in [4.78, 5) is 12.9. The number of carboxylic acid groups (broad SMARTS) is 1. The number of amides is 1. The number of benzene rings is 1. The Morgan fingerprint density at radius 1 is 1.35 bits per heavy atom. The number of aliphatic hydroxyl groups excluding tert-OH is 1. The van der Waals surface area contributed by atoms with E-state index in [-0.39, 0.29) is 23.4 Å². The summed E-state index contributed by atoms with van der Waals surface area (Å²) in [7, 11) is 0. The highest BCUT2D eigenvalue weighted by Gasteiger charge is 2.83. The number of piperidine rings is 1. The van der Waals surface area contributed by atoms with Gasteiger partial charge in [0.2, 0.25) is 0 Å². The maximum absolute atomic E-state index is 11.4. The van der Waals surface area contributed by atoms with Crippen molar-refractivity contribution in [2.24, 2.45) is 16.7 Å². The van der Waals surface area contributed by atoms with Gasteiger partial charge in [0.15, 0.2) is 0 Å². The molecule has 23 heavy (non-hydrogen) atoms. The normalized spacial score (nSPS) is 32.8. The zero-order valence-electron chi connectivity index (χ0n) is 13.4. The average Bonchev–Trinajstić information content (AvgIpc) is 2.82. The highest BCUT2D eigenvalue weighted by molar-refractivity contribution is 6.42. The Hall–Kier alpha value is -0.970. The van der Waals surface area contributed by atoms with E-state index in [1.165, 1.54) is 4.90 Å². The minimum absolute atomic E-state index is 0.0274. The van der Waals surface area contributed by atoms with E-state index in [2.05, 4.69) is 20.8 Å². The maximum atomic E-state index is 11.4. The number of hydrogen-bond acceptors (Lipinski definition) is 2. The molecular formula is C17H21Cl2NO3. The third-order valence-electron chi connectivity index (χ3n) is 6.04. The SMILES string of the molecule is CC(C)(C)C12CN(C(=O)O)CC1C2(CO)c1ccc(Cl)c(Cl)c1. The first-order valence-electron chi connectivity index (χ1n) is 7.66. The number of halogens is 2. The van der Waals surface area contributed by atoms with Crippen LogP contribution in [0.15, 0.2) is 18.2 Å². The Balaban J connectivity index is 2.10. The van der Waals surface area contributed by atoms with Crippen molar-refractivity contribution >= 4 is 29.3 Å². The molecule has 0 spiro atoms. The van der Waals surface area contributed by atoms with E-state index in [0.717, 1.165) is 5.56 Å². The molecule has 1 aliphatic carbocycles. The summed E-state index contributed by atoms with van der Waals surface area (Å²) in [6.07, 6.45) is -0.901. The van der Waals surface area contributed by atoms with Crippen LogP contribution in [0, 0.1) is 16.7 Å². The van der Waals surface area contributed by atoms with Gasteiger partial charge in [-0.3, -0.25) is 0 Å². The first-order valence-corrected chi connectivity index (χ1v) is 8.41. The predicted octanol–water partition coefficient (Wildman–Crippen LogP) is 3.88. The quantitative estimate of drug-likeness (QED) is 0.844. The van der Waals surface area contributed by atoms with Crippen molar-refractivity contribution in [3.63, 3.8) is 0 Å². The predicted molar refractivity (Wildman–Crippen MR) is 90.2 cm³/mol. The molecule has 0 aromatic heterocycles. The summed E-state index contributed by atoms with van der Waals surface area (Å²) in [6.45, 7) is 7.17. The highest BCUT2D eigenvalue weighted by atomic mass is 35.5. The van der Waals surface area contributed by atoms with Crippen molar-refractivity contribution < 1.29 is 15.0 Å². The van der Waals surface area contributed by atoms with Gasteiger partial charge in [-0.05, 0) is 29.0 Å². The van der Waals surface area contributed by atoms with E-state index in [0.29, 0.717) is 23.1 Å². The van der Waals surface area contributed by atoms with Crippen LogP contribution < -0.4 is 0 Å². The van der Waals surface area contributed by atoms with Crippen LogP contribution in [0.5, 0.6) is 0 Å². The Bertz CT molecular complexity index is 672. The third-order valence-corrected chi connectivity index (χ3v) is 6.78. The summed E-state index contributed by atoms with van der Waals surface area (Å²) < 4.78 is 0. The summed E-state index contributed by atoms with van der Waals surface area (Å²) in [5, 5.41) is 20.6. The maximum Gasteiger partial charge on any atom is 0.407 e. The lowest BCUT2D eigenvalue weighted by Crippen LogP contribution is -2.43. The van der Waals surface area contributed by atoms with Crippen LogP contribution in [0.1, 0.15) is 26.3 Å². The molecule has 1 saturated heterocycles. The lowest BCUT2D eigenvalue weighted by molar-refractivity contribution is 0.0957. The van der Waals surface area contributed by atoms with Crippen molar-refractivity contribution in [2.45, 2.75) is 26.2 Å². The molecule has 2 N–H and O–H groups in total. The van der Waals surface area contributed by atoms with Gasteiger partial charge >= 0.3 is 6.09 Å². The lowest BCUT2D eigenvalue weighted by atomic mass is 9.70. The van der Waals surface area contributed by atoms with Crippen molar-refractivity contribution in [1.29, 1.82) is 0 Å². The van der Waals surface area contributed by atoms with Gasteiger partial charge in [0, 0.05) is 23.9 Å². The van der Waals surface area contributed by atoms with Gasteiger partial charge in [0.25, 0.3) is 0 Å². The molecule has 3 atom stereocenters. The fraction of sp³-hybridized carbons (Fsp3) is 0.588. The minimum atomic E-state index is -0.901. The van der Waals surface area contributed by atoms with E-state index in [1.807, 2.05) is 12.1 Å². The van der Waals surface area contributed by atoms with Gasteiger partial charge in [-0.1, -0.05) is 50.0 Å². The van der Waals surface area contributed by atoms with Gasteiger partial charge in [-0.15, -0.1) is 0 Å². The molecule has 3 rings (SSSR count). The summed E-state index contributed by atoms with van der Waals surface area (Å²) in [6, 6.07) is 5.47. The molecule has 1 aromatic rings. The van der Waals surface area contributed by atoms with Gasteiger partial charge in [0.05, 0.1) is 16.7 Å². The molecule has 1 heterocycles. The molecule has 2 aliphatic rings. The number of rotatable bonds is 2. The molecule has 6 heteroatoms. The van der Waals surface area contributed by atoms with Crippen molar-refractivity contribution in [3.8, 4) is 0 Å². The number of aliphatic hydroxyl groups is 1. The van der Waals surface area contributed by atoms with Crippen LogP contribution in [-0.4, -0.2) is 40.9 Å². The Kier molecular flexibility index (Phi) is 3.68. The second-order valence-electron chi connectivity index (χ2n) is 7.70. The molecule has 1 aromatic carbocycles. The number of nitrogens with zero attached hydrogens (tertiary/aromatic N) is 1. The standard InChI is InChI=1S/C17H21Cl2NO3/c1-15(2,3)17-8-20(14(22)23)7-13(17)16(17,9-21)10-4-5-11(18)12(19)6-10/h4-6,13,21H,7-9H2,1-3H3,(H,22,23). The zero-order chi connectivity index (χ0) is 17.2. The van der Waals surface area contributed by atoms with Crippen molar-refractivity contribution in [3.05, 3.63) is 33.8 Å². The van der Waals surface area contributed by atoms with E-state index < -0.39 is 11.5 Å². The lowest BCUT2D eigenvalue weighted by Gasteiger charge is -2.37. The first kappa shape index (κ1) is 16.9. The van der Waals surface area contributed by atoms with E-state index in [1.54, 1.807) is 6.07 Å². The second-order valence-corrected chi connectivity index (χ2v) is 8.51. The van der Waals surface area contributed by atoms with Crippen LogP contribution in [-0.2, 0) is 5.41 Å².